The lowest BCUT2D eigenvalue weighted by atomic mass is 9.92. The Morgan fingerprint density at radius 3 is 2.83 bits per heavy atom. The van der Waals surface area contributed by atoms with Crippen LogP contribution in [0.15, 0.2) is 22.7 Å². The van der Waals surface area contributed by atoms with Gasteiger partial charge >= 0.3 is 0 Å². The molecule has 1 aliphatic carbocycles. The van der Waals surface area contributed by atoms with Gasteiger partial charge in [-0.05, 0) is 48.4 Å². The molecule has 0 saturated heterocycles. The minimum absolute atomic E-state index is 0.503. The second kappa shape index (κ2) is 5.62. The first-order valence-corrected chi connectivity index (χ1v) is 7.35. The van der Waals surface area contributed by atoms with E-state index in [-0.39, 0.29) is 0 Å². The Labute approximate surface area is 118 Å². The summed E-state index contributed by atoms with van der Waals surface area (Å²) < 4.78 is 6.41. The largest absolute Gasteiger partial charge is 0.497 e. The van der Waals surface area contributed by atoms with E-state index < -0.39 is 0 Å². The molecule has 2 rings (SSSR count). The molecule has 0 aliphatic heterocycles. The molecule has 0 heterocycles. The van der Waals surface area contributed by atoms with E-state index >= 15 is 0 Å². The van der Waals surface area contributed by atoms with Crippen molar-refractivity contribution in [2.24, 2.45) is 5.41 Å². The van der Waals surface area contributed by atoms with Crippen LogP contribution in [0.3, 0.4) is 0 Å². The number of nitrogens with one attached hydrogen (secondary N) is 1. The standard InChI is InChI=1S/C15H22BrNO/c1-15(2)7-6-12(9-15)17-10-11-8-13(18-3)4-5-14(11)16/h4-5,8,12,17H,6-7,9-10H2,1-3H3. The molecule has 3 heteroatoms. The van der Waals surface area contributed by atoms with E-state index in [1.165, 1.54) is 24.8 Å². The van der Waals surface area contributed by atoms with E-state index in [2.05, 4.69) is 47.2 Å². The quantitative estimate of drug-likeness (QED) is 0.903. The summed E-state index contributed by atoms with van der Waals surface area (Å²) in [6, 6.07) is 6.77. The van der Waals surface area contributed by atoms with Crippen molar-refractivity contribution in [3.05, 3.63) is 28.2 Å². The number of methoxy groups -OCH3 is 1. The highest BCUT2D eigenvalue weighted by Crippen LogP contribution is 2.37. The Morgan fingerprint density at radius 1 is 1.44 bits per heavy atom. The number of halogens is 1. The Hall–Kier alpha value is -0.540. The van der Waals surface area contributed by atoms with E-state index in [1.807, 2.05) is 6.07 Å². The van der Waals surface area contributed by atoms with Crippen LogP contribution in [0, 0.1) is 5.41 Å². The third-order valence-corrected chi connectivity index (χ3v) is 4.58. The summed E-state index contributed by atoms with van der Waals surface area (Å²) in [6.45, 7) is 5.62. The third kappa shape index (κ3) is 3.48. The van der Waals surface area contributed by atoms with Crippen molar-refractivity contribution in [1.82, 2.24) is 5.32 Å². The van der Waals surface area contributed by atoms with Gasteiger partial charge in [-0.2, -0.15) is 0 Å². The Balaban J connectivity index is 1.94. The fourth-order valence-corrected chi connectivity index (χ4v) is 3.07. The van der Waals surface area contributed by atoms with Crippen molar-refractivity contribution >= 4 is 15.9 Å². The van der Waals surface area contributed by atoms with E-state index in [0.29, 0.717) is 11.5 Å². The summed E-state index contributed by atoms with van der Waals surface area (Å²) in [7, 11) is 1.71. The molecule has 1 fully saturated rings. The fourth-order valence-electron chi connectivity index (χ4n) is 2.68. The summed E-state index contributed by atoms with van der Waals surface area (Å²) in [5.74, 6) is 0.918. The van der Waals surface area contributed by atoms with Crippen molar-refractivity contribution in [3.8, 4) is 5.75 Å². The topological polar surface area (TPSA) is 21.3 Å². The average molecular weight is 312 g/mol. The zero-order chi connectivity index (χ0) is 13.2. The summed E-state index contributed by atoms with van der Waals surface area (Å²) in [4.78, 5) is 0. The molecule has 1 aliphatic rings. The minimum atomic E-state index is 0.503. The molecule has 18 heavy (non-hydrogen) atoms. The molecular weight excluding hydrogens is 290 g/mol. The van der Waals surface area contributed by atoms with Crippen molar-refractivity contribution in [2.45, 2.75) is 45.7 Å². The van der Waals surface area contributed by atoms with Gasteiger partial charge in [-0.1, -0.05) is 29.8 Å². The van der Waals surface area contributed by atoms with Crippen LogP contribution in [0.5, 0.6) is 5.75 Å². The molecule has 1 aromatic rings. The first-order valence-electron chi connectivity index (χ1n) is 6.56. The predicted molar refractivity (Wildman–Crippen MR) is 79.0 cm³/mol. The minimum Gasteiger partial charge on any atom is -0.497 e. The van der Waals surface area contributed by atoms with E-state index in [9.17, 15) is 0 Å². The van der Waals surface area contributed by atoms with Crippen molar-refractivity contribution in [2.75, 3.05) is 7.11 Å². The lowest BCUT2D eigenvalue weighted by Crippen LogP contribution is -2.27. The number of hydrogen-bond acceptors (Lipinski definition) is 2. The molecule has 0 aromatic heterocycles. The van der Waals surface area contributed by atoms with Crippen LogP contribution in [0.1, 0.15) is 38.7 Å². The molecule has 0 bridgehead atoms. The monoisotopic (exact) mass is 311 g/mol. The molecule has 1 aromatic carbocycles. The maximum Gasteiger partial charge on any atom is 0.119 e. The second-order valence-corrected chi connectivity index (χ2v) is 6.80. The van der Waals surface area contributed by atoms with Crippen molar-refractivity contribution < 1.29 is 4.74 Å². The van der Waals surface area contributed by atoms with Crippen LogP contribution < -0.4 is 10.1 Å². The number of ether oxygens (including phenoxy) is 1. The maximum absolute atomic E-state index is 5.27. The van der Waals surface area contributed by atoms with Gasteiger partial charge in [-0.3, -0.25) is 0 Å². The second-order valence-electron chi connectivity index (χ2n) is 5.94. The zero-order valence-electron chi connectivity index (χ0n) is 11.4. The highest BCUT2D eigenvalue weighted by atomic mass is 79.9. The molecule has 1 saturated carbocycles. The third-order valence-electron chi connectivity index (χ3n) is 3.80. The van der Waals surface area contributed by atoms with Crippen molar-refractivity contribution in [1.29, 1.82) is 0 Å². The summed E-state index contributed by atoms with van der Waals surface area (Å²) in [5.41, 5.74) is 1.77. The number of rotatable bonds is 4. The summed E-state index contributed by atoms with van der Waals surface area (Å²) in [5, 5.41) is 3.66. The van der Waals surface area contributed by atoms with Gasteiger partial charge in [-0.25, -0.2) is 0 Å². The van der Waals surface area contributed by atoms with Gasteiger partial charge in [0.05, 0.1) is 7.11 Å². The normalized spacial score (nSPS) is 22.1. The first-order chi connectivity index (χ1) is 8.50. The smallest absolute Gasteiger partial charge is 0.119 e. The summed E-state index contributed by atoms with van der Waals surface area (Å²) in [6.07, 6.45) is 3.88. The molecular formula is C15H22BrNO. The highest BCUT2D eigenvalue weighted by molar-refractivity contribution is 9.10. The lowest BCUT2D eigenvalue weighted by Gasteiger charge is -2.18. The zero-order valence-corrected chi connectivity index (χ0v) is 13.0. The van der Waals surface area contributed by atoms with Gasteiger partial charge < -0.3 is 10.1 Å². The molecule has 0 amide bonds. The molecule has 1 unspecified atom stereocenters. The average Bonchev–Trinajstić information content (AvgIpc) is 2.68. The van der Waals surface area contributed by atoms with Gasteiger partial charge in [0.2, 0.25) is 0 Å². The van der Waals surface area contributed by atoms with Crippen LogP contribution in [-0.2, 0) is 6.54 Å². The summed E-state index contributed by atoms with van der Waals surface area (Å²) >= 11 is 3.60. The Bertz CT molecular complexity index is 417. The van der Waals surface area contributed by atoms with Crippen LogP contribution in [0.25, 0.3) is 0 Å². The fraction of sp³-hybridized carbons (Fsp3) is 0.600. The van der Waals surface area contributed by atoms with E-state index in [4.69, 9.17) is 4.74 Å². The van der Waals surface area contributed by atoms with Crippen molar-refractivity contribution in [3.63, 3.8) is 0 Å². The first kappa shape index (κ1) is 13.9. The van der Waals surface area contributed by atoms with E-state index in [0.717, 1.165) is 16.8 Å². The van der Waals surface area contributed by atoms with E-state index in [1.54, 1.807) is 7.11 Å². The molecule has 2 nitrogen and oxygen atoms in total. The molecule has 1 atom stereocenters. The van der Waals surface area contributed by atoms with Crippen LogP contribution in [0.2, 0.25) is 0 Å². The molecule has 0 spiro atoms. The Kier molecular flexibility index (Phi) is 4.33. The Morgan fingerprint density at radius 2 is 2.22 bits per heavy atom. The van der Waals surface area contributed by atoms with Crippen LogP contribution in [-0.4, -0.2) is 13.2 Å². The highest BCUT2D eigenvalue weighted by Gasteiger charge is 2.30. The molecule has 1 N–H and O–H groups in total. The van der Waals surface area contributed by atoms with Gasteiger partial charge in [-0.15, -0.1) is 0 Å². The lowest BCUT2D eigenvalue weighted by molar-refractivity contribution is 0.364. The van der Waals surface area contributed by atoms with Crippen LogP contribution >= 0.6 is 15.9 Å². The SMILES string of the molecule is COc1ccc(Br)c(CNC2CCC(C)(C)C2)c1. The molecule has 0 radical (unpaired) electrons. The number of benzene rings is 1. The van der Waals surface area contributed by atoms with Crippen LogP contribution in [0.4, 0.5) is 0 Å². The van der Waals surface area contributed by atoms with Gasteiger partial charge in [0.1, 0.15) is 5.75 Å². The van der Waals surface area contributed by atoms with Gasteiger partial charge in [0.25, 0.3) is 0 Å². The predicted octanol–water partition coefficient (Wildman–Crippen LogP) is 4.13. The van der Waals surface area contributed by atoms with Gasteiger partial charge in [0, 0.05) is 17.1 Å². The number of hydrogen-bond donors (Lipinski definition) is 1. The molecule has 100 valence electrons. The maximum atomic E-state index is 5.27. The van der Waals surface area contributed by atoms with Gasteiger partial charge in [0.15, 0.2) is 0 Å².